The van der Waals surface area contributed by atoms with Crippen molar-refractivity contribution in [2.75, 3.05) is 13.7 Å². The Hall–Kier alpha value is -1.40. The molecule has 1 aromatic heterocycles. The molecule has 1 atom stereocenters. The Morgan fingerprint density at radius 2 is 1.95 bits per heavy atom. The van der Waals surface area contributed by atoms with E-state index in [0.29, 0.717) is 17.0 Å². The maximum atomic E-state index is 14.2. The number of hydrogen-bond donors (Lipinski definition) is 1. The van der Waals surface area contributed by atoms with E-state index < -0.39 is 17.7 Å². The quantitative estimate of drug-likeness (QED) is 0.888. The molecule has 0 aliphatic rings. The summed E-state index contributed by atoms with van der Waals surface area (Å²) in [6.07, 6.45) is 0. The molecule has 1 aromatic carbocycles. The van der Waals surface area contributed by atoms with E-state index in [1.165, 1.54) is 7.11 Å². The van der Waals surface area contributed by atoms with Crippen molar-refractivity contribution in [2.45, 2.75) is 13.0 Å². The molecule has 1 N–H and O–H groups in total. The lowest BCUT2D eigenvalue weighted by Gasteiger charge is -2.18. The SMILES string of the molecule is CCNC(c1ccc(Br)o1)c1c(F)cc(OC)cc1F. The lowest BCUT2D eigenvalue weighted by molar-refractivity contribution is 0.394. The van der Waals surface area contributed by atoms with E-state index in [-0.39, 0.29) is 11.3 Å². The van der Waals surface area contributed by atoms with Gasteiger partial charge in [0.2, 0.25) is 0 Å². The molecule has 0 saturated heterocycles. The molecular formula is C14H14BrF2NO2. The number of methoxy groups -OCH3 is 1. The number of benzene rings is 1. The lowest BCUT2D eigenvalue weighted by atomic mass is 10.0. The van der Waals surface area contributed by atoms with Gasteiger partial charge in [-0.1, -0.05) is 6.92 Å². The standard InChI is InChI=1S/C14H14BrF2NO2/c1-3-18-14(11-4-5-12(15)20-11)13-9(16)6-8(19-2)7-10(13)17/h4-7,14,18H,3H2,1-2H3. The van der Waals surface area contributed by atoms with Gasteiger partial charge in [0.15, 0.2) is 4.67 Å². The van der Waals surface area contributed by atoms with E-state index in [1.54, 1.807) is 12.1 Å². The predicted octanol–water partition coefficient (Wildman–Crippen LogP) is 4.03. The van der Waals surface area contributed by atoms with Gasteiger partial charge in [-0.25, -0.2) is 8.78 Å². The van der Waals surface area contributed by atoms with E-state index in [0.717, 1.165) is 12.1 Å². The van der Waals surface area contributed by atoms with Gasteiger partial charge in [0.05, 0.1) is 13.2 Å². The molecule has 0 spiro atoms. The Kier molecular flexibility index (Phi) is 4.77. The molecule has 0 bridgehead atoms. The highest BCUT2D eigenvalue weighted by Crippen LogP contribution is 2.31. The van der Waals surface area contributed by atoms with Crippen LogP contribution in [0.5, 0.6) is 5.75 Å². The molecule has 3 nitrogen and oxygen atoms in total. The first kappa shape index (κ1) is 15.0. The zero-order chi connectivity index (χ0) is 14.7. The second kappa shape index (κ2) is 6.37. The Morgan fingerprint density at radius 3 is 2.40 bits per heavy atom. The third-order valence-electron chi connectivity index (χ3n) is 2.86. The van der Waals surface area contributed by atoms with E-state index >= 15 is 0 Å². The van der Waals surface area contributed by atoms with Gasteiger partial charge in [-0.3, -0.25) is 0 Å². The molecule has 0 aliphatic heterocycles. The van der Waals surface area contributed by atoms with E-state index in [1.807, 2.05) is 6.92 Å². The third kappa shape index (κ3) is 3.02. The molecule has 6 heteroatoms. The van der Waals surface area contributed by atoms with E-state index in [2.05, 4.69) is 21.2 Å². The minimum absolute atomic E-state index is 0.0884. The van der Waals surface area contributed by atoms with Gasteiger partial charge in [0.25, 0.3) is 0 Å². The van der Waals surface area contributed by atoms with Crippen LogP contribution in [0, 0.1) is 11.6 Å². The average molecular weight is 346 g/mol. The molecule has 0 amide bonds. The molecule has 2 rings (SSSR count). The summed E-state index contributed by atoms with van der Waals surface area (Å²) in [7, 11) is 1.36. The number of rotatable bonds is 5. The second-order valence-electron chi connectivity index (χ2n) is 4.14. The van der Waals surface area contributed by atoms with Gasteiger partial charge in [-0.2, -0.15) is 0 Å². The fraction of sp³-hybridized carbons (Fsp3) is 0.286. The minimum Gasteiger partial charge on any atom is -0.497 e. The summed E-state index contributed by atoms with van der Waals surface area (Å²) in [6.45, 7) is 2.39. The summed E-state index contributed by atoms with van der Waals surface area (Å²) in [5.41, 5.74) is -0.0884. The maximum Gasteiger partial charge on any atom is 0.169 e. The van der Waals surface area contributed by atoms with Crippen LogP contribution in [0.25, 0.3) is 0 Å². The van der Waals surface area contributed by atoms with Gasteiger partial charge < -0.3 is 14.5 Å². The maximum absolute atomic E-state index is 14.2. The molecule has 0 aliphatic carbocycles. The van der Waals surface area contributed by atoms with Crippen molar-refractivity contribution in [2.24, 2.45) is 0 Å². The molecule has 20 heavy (non-hydrogen) atoms. The molecule has 108 valence electrons. The van der Waals surface area contributed by atoms with Crippen LogP contribution < -0.4 is 10.1 Å². The molecule has 0 radical (unpaired) electrons. The largest absolute Gasteiger partial charge is 0.497 e. The summed E-state index contributed by atoms with van der Waals surface area (Å²) >= 11 is 3.18. The highest BCUT2D eigenvalue weighted by atomic mass is 79.9. The average Bonchev–Trinajstić information content (AvgIpc) is 2.83. The Morgan fingerprint density at radius 1 is 1.30 bits per heavy atom. The number of hydrogen-bond acceptors (Lipinski definition) is 3. The number of furan rings is 1. The van der Waals surface area contributed by atoms with E-state index in [9.17, 15) is 8.78 Å². The third-order valence-corrected chi connectivity index (χ3v) is 3.29. The van der Waals surface area contributed by atoms with Gasteiger partial charge in [0, 0.05) is 17.7 Å². The molecular weight excluding hydrogens is 332 g/mol. The van der Waals surface area contributed by atoms with E-state index in [4.69, 9.17) is 9.15 Å². The van der Waals surface area contributed by atoms with Gasteiger partial charge >= 0.3 is 0 Å². The van der Waals surface area contributed by atoms with Crippen LogP contribution in [0.2, 0.25) is 0 Å². The predicted molar refractivity (Wildman–Crippen MR) is 74.8 cm³/mol. The monoisotopic (exact) mass is 345 g/mol. The minimum atomic E-state index is -0.697. The highest BCUT2D eigenvalue weighted by molar-refractivity contribution is 9.10. The van der Waals surface area contributed by atoms with Gasteiger partial charge in [-0.05, 0) is 34.6 Å². The summed E-state index contributed by atoms with van der Waals surface area (Å²) < 4.78 is 39.1. The van der Waals surface area contributed by atoms with Crippen LogP contribution in [0.3, 0.4) is 0 Å². The van der Waals surface area contributed by atoms with Gasteiger partial charge in [-0.15, -0.1) is 0 Å². The zero-order valence-corrected chi connectivity index (χ0v) is 12.6. The van der Waals surface area contributed by atoms with Crippen LogP contribution in [-0.4, -0.2) is 13.7 Å². The highest BCUT2D eigenvalue weighted by Gasteiger charge is 2.25. The van der Waals surface area contributed by atoms with Crippen LogP contribution in [0.4, 0.5) is 8.78 Å². The fourth-order valence-corrected chi connectivity index (χ4v) is 2.31. The first-order valence-corrected chi connectivity index (χ1v) is 6.87. The van der Waals surface area contributed by atoms with Crippen LogP contribution in [0.15, 0.2) is 33.4 Å². The Labute approximate surface area is 124 Å². The van der Waals surface area contributed by atoms with Crippen molar-refractivity contribution in [3.8, 4) is 5.75 Å². The van der Waals surface area contributed by atoms with Crippen molar-refractivity contribution in [1.82, 2.24) is 5.32 Å². The molecule has 2 aromatic rings. The summed E-state index contributed by atoms with van der Waals surface area (Å²) in [6, 6.07) is 4.96. The molecule has 0 fully saturated rings. The van der Waals surface area contributed by atoms with Crippen molar-refractivity contribution >= 4 is 15.9 Å². The van der Waals surface area contributed by atoms with Crippen LogP contribution in [0.1, 0.15) is 24.3 Å². The number of nitrogens with one attached hydrogen (secondary N) is 1. The second-order valence-corrected chi connectivity index (χ2v) is 4.92. The Bertz CT molecular complexity index is 578. The normalized spacial score (nSPS) is 12.4. The lowest BCUT2D eigenvalue weighted by Crippen LogP contribution is -2.23. The summed E-state index contributed by atoms with van der Waals surface area (Å²) in [4.78, 5) is 0. The van der Waals surface area contributed by atoms with Crippen molar-refractivity contribution in [1.29, 1.82) is 0 Å². The first-order chi connectivity index (χ1) is 9.56. The summed E-state index contributed by atoms with van der Waals surface area (Å²) in [5.74, 6) is -0.790. The van der Waals surface area contributed by atoms with Crippen LogP contribution >= 0.6 is 15.9 Å². The molecule has 1 heterocycles. The van der Waals surface area contributed by atoms with Crippen molar-refractivity contribution in [3.63, 3.8) is 0 Å². The first-order valence-electron chi connectivity index (χ1n) is 6.08. The smallest absolute Gasteiger partial charge is 0.169 e. The number of halogens is 3. The van der Waals surface area contributed by atoms with Crippen molar-refractivity contribution < 1.29 is 17.9 Å². The summed E-state index contributed by atoms with van der Waals surface area (Å²) in [5, 5.41) is 3.01. The van der Waals surface area contributed by atoms with Crippen LogP contribution in [-0.2, 0) is 0 Å². The molecule has 1 unspecified atom stereocenters. The Balaban J connectivity index is 2.49. The number of ether oxygens (including phenoxy) is 1. The zero-order valence-electron chi connectivity index (χ0n) is 11.0. The van der Waals surface area contributed by atoms with Gasteiger partial charge in [0.1, 0.15) is 23.1 Å². The van der Waals surface area contributed by atoms with Crippen molar-refractivity contribution in [3.05, 3.63) is 51.9 Å². The topological polar surface area (TPSA) is 34.4 Å². The fourth-order valence-electron chi connectivity index (χ4n) is 1.99. The molecule has 0 saturated carbocycles.